The largest absolute Gasteiger partial charge is 0.356 e. The summed E-state index contributed by atoms with van der Waals surface area (Å²) < 4.78 is 2.31. The van der Waals surface area contributed by atoms with E-state index in [1.165, 1.54) is 10.9 Å². The monoisotopic (exact) mass is 337 g/mol. The second-order valence-electron chi connectivity index (χ2n) is 4.50. The Bertz CT molecular complexity index is 682. The van der Waals surface area contributed by atoms with E-state index in [1.807, 2.05) is 13.0 Å². The number of benzene rings is 1. The fourth-order valence-corrected chi connectivity index (χ4v) is 2.23. The van der Waals surface area contributed by atoms with E-state index in [-0.39, 0.29) is 17.9 Å². The SMILES string of the molecule is CCCNC(=O)CCn1cnc2ccc(Br)cc2c1=O. The second-order valence-corrected chi connectivity index (χ2v) is 5.42. The molecule has 0 saturated carbocycles. The summed E-state index contributed by atoms with van der Waals surface area (Å²) >= 11 is 3.34. The molecule has 0 aliphatic carbocycles. The maximum atomic E-state index is 12.3. The molecule has 1 heterocycles. The van der Waals surface area contributed by atoms with Crippen LogP contribution in [0.15, 0.2) is 33.8 Å². The minimum atomic E-state index is -0.125. The molecule has 0 fully saturated rings. The number of aromatic nitrogens is 2. The summed E-state index contributed by atoms with van der Waals surface area (Å²) in [5.74, 6) is -0.0481. The van der Waals surface area contributed by atoms with Gasteiger partial charge in [-0.1, -0.05) is 22.9 Å². The highest BCUT2D eigenvalue weighted by molar-refractivity contribution is 9.10. The lowest BCUT2D eigenvalue weighted by molar-refractivity contribution is -0.121. The van der Waals surface area contributed by atoms with Crippen molar-refractivity contribution in [2.75, 3.05) is 6.54 Å². The van der Waals surface area contributed by atoms with E-state index in [9.17, 15) is 9.59 Å². The Kier molecular flexibility index (Phi) is 4.89. The van der Waals surface area contributed by atoms with Crippen LogP contribution < -0.4 is 10.9 Å². The molecule has 6 heteroatoms. The molecule has 0 aliphatic heterocycles. The first-order valence-corrected chi connectivity index (χ1v) is 7.32. The van der Waals surface area contributed by atoms with E-state index >= 15 is 0 Å². The van der Waals surface area contributed by atoms with Gasteiger partial charge in [-0.15, -0.1) is 0 Å². The Labute approximate surface area is 125 Å². The molecular weight excluding hydrogens is 322 g/mol. The summed E-state index contributed by atoms with van der Waals surface area (Å²) in [6.45, 7) is 3.00. The molecule has 1 amide bonds. The molecule has 2 aromatic rings. The number of hydrogen-bond acceptors (Lipinski definition) is 3. The van der Waals surface area contributed by atoms with Gasteiger partial charge in [-0.2, -0.15) is 0 Å². The number of rotatable bonds is 5. The van der Waals surface area contributed by atoms with E-state index in [1.54, 1.807) is 12.1 Å². The summed E-state index contributed by atoms with van der Waals surface area (Å²) in [4.78, 5) is 28.1. The fourth-order valence-electron chi connectivity index (χ4n) is 1.87. The van der Waals surface area contributed by atoms with Gasteiger partial charge < -0.3 is 5.32 Å². The van der Waals surface area contributed by atoms with Gasteiger partial charge in [0, 0.05) is 24.0 Å². The van der Waals surface area contributed by atoms with Crippen LogP contribution in [0, 0.1) is 0 Å². The van der Waals surface area contributed by atoms with Crippen molar-refractivity contribution in [1.82, 2.24) is 14.9 Å². The van der Waals surface area contributed by atoms with Crippen LogP contribution in [0.25, 0.3) is 10.9 Å². The standard InChI is InChI=1S/C14H16BrN3O2/c1-2-6-16-13(19)5-7-18-9-17-12-4-3-10(15)8-11(12)14(18)20/h3-4,8-9H,2,5-7H2,1H3,(H,16,19). The number of nitrogens with one attached hydrogen (secondary N) is 1. The lowest BCUT2D eigenvalue weighted by Crippen LogP contribution is -2.28. The van der Waals surface area contributed by atoms with E-state index in [0.717, 1.165) is 10.9 Å². The smallest absolute Gasteiger partial charge is 0.261 e. The van der Waals surface area contributed by atoms with Crippen molar-refractivity contribution in [2.24, 2.45) is 0 Å². The van der Waals surface area contributed by atoms with Gasteiger partial charge in [-0.25, -0.2) is 4.98 Å². The molecule has 5 nitrogen and oxygen atoms in total. The van der Waals surface area contributed by atoms with E-state index in [2.05, 4.69) is 26.2 Å². The van der Waals surface area contributed by atoms with E-state index in [4.69, 9.17) is 0 Å². The van der Waals surface area contributed by atoms with Crippen LogP contribution in [-0.4, -0.2) is 22.0 Å². The predicted octanol–water partition coefficient (Wildman–Crippen LogP) is 2.08. The van der Waals surface area contributed by atoms with Crippen molar-refractivity contribution < 1.29 is 4.79 Å². The van der Waals surface area contributed by atoms with Crippen molar-refractivity contribution in [1.29, 1.82) is 0 Å². The second kappa shape index (κ2) is 6.65. The van der Waals surface area contributed by atoms with Gasteiger partial charge in [-0.3, -0.25) is 14.2 Å². The zero-order chi connectivity index (χ0) is 14.5. The first kappa shape index (κ1) is 14.7. The van der Waals surface area contributed by atoms with Crippen LogP contribution in [0.5, 0.6) is 0 Å². The lowest BCUT2D eigenvalue weighted by Gasteiger charge is -2.07. The third kappa shape index (κ3) is 3.45. The molecule has 0 unspecified atom stereocenters. The Morgan fingerprint density at radius 1 is 1.45 bits per heavy atom. The third-order valence-electron chi connectivity index (χ3n) is 2.94. The highest BCUT2D eigenvalue weighted by Gasteiger charge is 2.06. The number of nitrogens with zero attached hydrogens (tertiary/aromatic N) is 2. The molecular formula is C14H16BrN3O2. The van der Waals surface area contributed by atoms with Crippen LogP contribution in [0.1, 0.15) is 19.8 Å². The Morgan fingerprint density at radius 3 is 3.00 bits per heavy atom. The summed E-state index contributed by atoms with van der Waals surface area (Å²) in [6, 6.07) is 5.38. The van der Waals surface area contributed by atoms with Gasteiger partial charge in [-0.05, 0) is 24.6 Å². The zero-order valence-electron chi connectivity index (χ0n) is 11.2. The molecule has 0 atom stereocenters. The van der Waals surface area contributed by atoms with Crippen LogP contribution in [0.4, 0.5) is 0 Å². The average molecular weight is 338 g/mol. The number of halogens is 1. The van der Waals surface area contributed by atoms with Crippen molar-refractivity contribution in [2.45, 2.75) is 26.3 Å². The lowest BCUT2D eigenvalue weighted by atomic mass is 10.2. The molecule has 1 N–H and O–H groups in total. The summed E-state index contributed by atoms with van der Waals surface area (Å²) in [5.41, 5.74) is 0.532. The molecule has 1 aromatic heterocycles. The number of hydrogen-bond donors (Lipinski definition) is 1. The molecule has 1 aromatic carbocycles. The zero-order valence-corrected chi connectivity index (χ0v) is 12.8. The first-order valence-electron chi connectivity index (χ1n) is 6.53. The fraction of sp³-hybridized carbons (Fsp3) is 0.357. The van der Waals surface area contributed by atoms with Gasteiger partial charge in [0.15, 0.2) is 0 Å². The molecule has 0 saturated heterocycles. The molecule has 0 aliphatic rings. The minimum absolute atomic E-state index is 0.0481. The average Bonchev–Trinajstić information content (AvgIpc) is 2.45. The highest BCUT2D eigenvalue weighted by atomic mass is 79.9. The van der Waals surface area contributed by atoms with Gasteiger partial charge >= 0.3 is 0 Å². The van der Waals surface area contributed by atoms with Crippen LogP contribution in [0.2, 0.25) is 0 Å². The van der Waals surface area contributed by atoms with Gasteiger partial charge in [0.2, 0.25) is 5.91 Å². The number of carbonyl (C=O) groups excluding carboxylic acids is 1. The minimum Gasteiger partial charge on any atom is -0.356 e. The number of aryl methyl sites for hydroxylation is 1. The number of fused-ring (bicyclic) bond motifs is 1. The normalized spacial score (nSPS) is 10.7. The van der Waals surface area contributed by atoms with Crippen molar-refractivity contribution in [3.63, 3.8) is 0 Å². The maximum absolute atomic E-state index is 12.3. The summed E-state index contributed by atoms with van der Waals surface area (Å²) in [5, 5.41) is 3.34. The summed E-state index contributed by atoms with van der Waals surface area (Å²) in [7, 11) is 0. The number of carbonyl (C=O) groups is 1. The molecule has 106 valence electrons. The van der Waals surface area contributed by atoms with Gasteiger partial charge in [0.25, 0.3) is 5.56 Å². The summed E-state index contributed by atoms with van der Waals surface area (Å²) in [6.07, 6.45) is 2.67. The van der Waals surface area contributed by atoms with Gasteiger partial charge in [0.1, 0.15) is 0 Å². The van der Waals surface area contributed by atoms with Crippen molar-refractivity contribution >= 4 is 32.7 Å². The van der Waals surface area contributed by atoms with Crippen LogP contribution in [-0.2, 0) is 11.3 Å². The molecule has 20 heavy (non-hydrogen) atoms. The van der Waals surface area contributed by atoms with Gasteiger partial charge in [0.05, 0.1) is 17.2 Å². The van der Waals surface area contributed by atoms with Crippen LogP contribution in [0.3, 0.4) is 0 Å². The van der Waals surface area contributed by atoms with Crippen molar-refractivity contribution in [3.05, 3.63) is 39.4 Å². The quantitative estimate of drug-likeness (QED) is 0.908. The molecule has 2 rings (SSSR count). The topological polar surface area (TPSA) is 64.0 Å². The molecule has 0 radical (unpaired) electrons. The Hall–Kier alpha value is -1.69. The van der Waals surface area contributed by atoms with Crippen LogP contribution >= 0.6 is 15.9 Å². The molecule has 0 spiro atoms. The van der Waals surface area contributed by atoms with E-state index in [0.29, 0.717) is 24.0 Å². The maximum Gasteiger partial charge on any atom is 0.261 e. The van der Waals surface area contributed by atoms with E-state index < -0.39 is 0 Å². The molecule has 0 bridgehead atoms. The third-order valence-corrected chi connectivity index (χ3v) is 3.43. The predicted molar refractivity (Wildman–Crippen MR) is 81.6 cm³/mol. The van der Waals surface area contributed by atoms with Crippen molar-refractivity contribution in [3.8, 4) is 0 Å². The highest BCUT2D eigenvalue weighted by Crippen LogP contribution is 2.14. The Balaban J connectivity index is 2.17. The number of amides is 1. The first-order chi connectivity index (χ1) is 9.61. The Morgan fingerprint density at radius 2 is 2.25 bits per heavy atom.